The SMILES string of the molecule is c1ccc(-c2nc3ccc4cccc(-c5nc(-c6ccc(-c7cc8ccccc8c8ccccc78)cc6)nc(-c6ccccc6-c6ccccc6)n5)c4c3o2)cc1. The van der Waals surface area contributed by atoms with Crippen molar-refractivity contribution in [2.24, 2.45) is 0 Å². The second kappa shape index (κ2) is 13.5. The van der Waals surface area contributed by atoms with Gasteiger partial charge in [0.15, 0.2) is 23.1 Å². The molecule has 0 bridgehead atoms. The van der Waals surface area contributed by atoms with Crippen molar-refractivity contribution < 1.29 is 4.42 Å². The minimum Gasteiger partial charge on any atom is -0.435 e. The first kappa shape index (κ1) is 32.7. The van der Waals surface area contributed by atoms with Crippen molar-refractivity contribution in [3.8, 4) is 67.9 Å². The smallest absolute Gasteiger partial charge is 0.227 e. The molecule has 57 heavy (non-hydrogen) atoms. The summed E-state index contributed by atoms with van der Waals surface area (Å²) in [6.07, 6.45) is 0. The van der Waals surface area contributed by atoms with Crippen LogP contribution in [0.1, 0.15) is 0 Å². The van der Waals surface area contributed by atoms with Gasteiger partial charge in [0, 0.05) is 27.6 Å². The molecule has 5 nitrogen and oxygen atoms in total. The quantitative estimate of drug-likeness (QED) is 0.160. The zero-order valence-electron chi connectivity index (χ0n) is 30.7. The Bertz CT molecular complexity index is 3280. The first-order valence-corrected chi connectivity index (χ1v) is 19.1. The van der Waals surface area contributed by atoms with Crippen molar-refractivity contribution in [2.45, 2.75) is 0 Å². The van der Waals surface area contributed by atoms with Crippen LogP contribution in [0.3, 0.4) is 0 Å². The number of hydrogen-bond donors (Lipinski definition) is 0. The molecule has 5 heteroatoms. The van der Waals surface area contributed by atoms with Crippen molar-refractivity contribution in [1.29, 1.82) is 0 Å². The van der Waals surface area contributed by atoms with Crippen molar-refractivity contribution in [2.75, 3.05) is 0 Å². The Morgan fingerprint density at radius 1 is 0.316 bits per heavy atom. The second-order valence-corrected chi connectivity index (χ2v) is 14.2. The van der Waals surface area contributed by atoms with Crippen LogP contribution in [0.25, 0.3) is 111 Å². The molecule has 0 amide bonds. The summed E-state index contributed by atoms with van der Waals surface area (Å²) >= 11 is 0. The second-order valence-electron chi connectivity index (χ2n) is 14.2. The van der Waals surface area contributed by atoms with Crippen molar-refractivity contribution in [3.05, 3.63) is 194 Å². The maximum atomic E-state index is 6.57. The number of aromatic nitrogens is 4. The van der Waals surface area contributed by atoms with Crippen LogP contribution in [0, 0.1) is 0 Å². The van der Waals surface area contributed by atoms with Crippen LogP contribution in [-0.2, 0) is 0 Å². The predicted octanol–water partition coefficient (Wildman–Crippen LogP) is 13.5. The molecular formula is C52H32N4O. The molecule has 11 rings (SSSR count). The molecule has 11 aromatic rings. The van der Waals surface area contributed by atoms with Gasteiger partial charge in [-0.05, 0) is 73.5 Å². The fraction of sp³-hybridized carbons (Fsp3) is 0. The maximum Gasteiger partial charge on any atom is 0.227 e. The summed E-state index contributed by atoms with van der Waals surface area (Å²) in [7, 11) is 0. The van der Waals surface area contributed by atoms with E-state index in [4.69, 9.17) is 24.4 Å². The molecule has 2 heterocycles. The monoisotopic (exact) mass is 728 g/mol. The van der Waals surface area contributed by atoms with E-state index in [0.717, 1.165) is 55.2 Å². The Hall–Kier alpha value is -7.76. The third kappa shape index (κ3) is 5.72. The average Bonchev–Trinajstić information content (AvgIpc) is 3.74. The van der Waals surface area contributed by atoms with Crippen molar-refractivity contribution >= 4 is 43.4 Å². The molecule has 0 saturated heterocycles. The number of fused-ring (bicyclic) bond motifs is 6. The Labute approximate surface area is 328 Å². The van der Waals surface area contributed by atoms with E-state index < -0.39 is 0 Å². The van der Waals surface area contributed by atoms with E-state index >= 15 is 0 Å². The van der Waals surface area contributed by atoms with Crippen LogP contribution in [0.2, 0.25) is 0 Å². The molecule has 0 fully saturated rings. The predicted molar refractivity (Wildman–Crippen MR) is 233 cm³/mol. The summed E-state index contributed by atoms with van der Waals surface area (Å²) in [4.78, 5) is 20.6. The van der Waals surface area contributed by atoms with Crippen molar-refractivity contribution in [1.82, 2.24) is 19.9 Å². The van der Waals surface area contributed by atoms with Gasteiger partial charge in [-0.1, -0.05) is 170 Å². The molecule has 0 atom stereocenters. The minimum absolute atomic E-state index is 0.554. The summed E-state index contributed by atoms with van der Waals surface area (Å²) in [6, 6.07) is 67.1. The molecule has 0 aliphatic carbocycles. The molecule has 266 valence electrons. The molecular weight excluding hydrogens is 697 g/mol. The van der Waals surface area contributed by atoms with E-state index in [1.54, 1.807) is 0 Å². The number of benzene rings is 9. The lowest BCUT2D eigenvalue weighted by Crippen LogP contribution is -2.01. The van der Waals surface area contributed by atoms with Crippen LogP contribution in [0.15, 0.2) is 199 Å². The lowest BCUT2D eigenvalue weighted by Gasteiger charge is -2.14. The fourth-order valence-corrected chi connectivity index (χ4v) is 8.03. The Balaban J connectivity index is 1.11. The molecule has 2 aromatic heterocycles. The highest BCUT2D eigenvalue weighted by atomic mass is 16.3. The summed E-state index contributed by atoms with van der Waals surface area (Å²) in [5, 5.41) is 6.84. The normalized spacial score (nSPS) is 11.5. The molecule has 0 saturated carbocycles. The van der Waals surface area contributed by atoms with Crippen LogP contribution < -0.4 is 0 Å². The highest BCUT2D eigenvalue weighted by molar-refractivity contribution is 6.14. The van der Waals surface area contributed by atoms with Crippen LogP contribution >= 0.6 is 0 Å². The standard InChI is InChI=1S/C52H32N4O/c1-3-14-33(15-4-1)39-20-9-12-24-43(39)50-54-49(36-28-26-34(27-29-36)45-32-38-18-7-8-21-40(38)41-22-10-11-23-42(41)45)55-51(56-50)44-25-13-19-35-30-31-46-48(47(35)44)57-52(53-46)37-16-5-2-6-17-37/h1-32H. The molecule has 0 aliphatic heterocycles. The third-order valence-electron chi connectivity index (χ3n) is 10.8. The summed E-state index contributed by atoms with van der Waals surface area (Å²) in [5.74, 6) is 2.30. The lowest BCUT2D eigenvalue weighted by atomic mass is 9.93. The molecule has 0 aliphatic rings. The van der Waals surface area contributed by atoms with Crippen LogP contribution in [0.4, 0.5) is 0 Å². The van der Waals surface area contributed by atoms with Crippen LogP contribution in [-0.4, -0.2) is 19.9 Å². The highest BCUT2D eigenvalue weighted by Gasteiger charge is 2.20. The molecule has 0 radical (unpaired) electrons. The molecule has 0 N–H and O–H groups in total. The van der Waals surface area contributed by atoms with Gasteiger partial charge in [-0.3, -0.25) is 0 Å². The van der Waals surface area contributed by atoms with Crippen LogP contribution in [0.5, 0.6) is 0 Å². The van der Waals surface area contributed by atoms with Crippen molar-refractivity contribution in [3.63, 3.8) is 0 Å². The van der Waals surface area contributed by atoms with E-state index in [1.165, 1.54) is 27.1 Å². The van der Waals surface area contributed by atoms with E-state index in [1.807, 2.05) is 54.6 Å². The van der Waals surface area contributed by atoms with Gasteiger partial charge in [0.2, 0.25) is 5.89 Å². The molecule has 9 aromatic carbocycles. The highest BCUT2D eigenvalue weighted by Crippen LogP contribution is 2.39. The van der Waals surface area contributed by atoms with Gasteiger partial charge < -0.3 is 4.42 Å². The van der Waals surface area contributed by atoms with Gasteiger partial charge in [-0.25, -0.2) is 19.9 Å². The number of nitrogens with zero attached hydrogens (tertiary/aromatic N) is 4. The number of rotatable bonds is 6. The van der Waals surface area contributed by atoms with Gasteiger partial charge in [-0.15, -0.1) is 0 Å². The zero-order chi connectivity index (χ0) is 37.7. The Kier molecular flexibility index (Phi) is 7.74. The number of hydrogen-bond acceptors (Lipinski definition) is 5. The Morgan fingerprint density at radius 3 is 1.67 bits per heavy atom. The molecule has 0 unspecified atom stereocenters. The van der Waals surface area contributed by atoms with E-state index in [-0.39, 0.29) is 0 Å². The lowest BCUT2D eigenvalue weighted by molar-refractivity contribution is 0.623. The topological polar surface area (TPSA) is 64.7 Å². The first-order valence-electron chi connectivity index (χ1n) is 19.1. The van der Waals surface area contributed by atoms with Gasteiger partial charge in [0.25, 0.3) is 0 Å². The summed E-state index contributed by atoms with van der Waals surface area (Å²) in [5.41, 5.74) is 9.49. The van der Waals surface area contributed by atoms with Gasteiger partial charge in [0.1, 0.15) is 5.52 Å². The largest absolute Gasteiger partial charge is 0.435 e. The van der Waals surface area contributed by atoms with Gasteiger partial charge in [0.05, 0.1) is 0 Å². The minimum atomic E-state index is 0.554. The summed E-state index contributed by atoms with van der Waals surface area (Å²) < 4.78 is 6.57. The number of oxazole rings is 1. The Morgan fingerprint density at radius 2 is 0.877 bits per heavy atom. The third-order valence-corrected chi connectivity index (χ3v) is 10.8. The molecule has 0 spiro atoms. The summed E-state index contributed by atoms with van der Waals surface area (Å²) in [6.45, 7) is 0. The first-order chi connectivity index (χ1) is 28.2. The average molecular weight is 729 g/mol. The van der Waals surface area contributed by atoms with E-state index in [9.17, 15) is 0 Å². The van der Waals surface area contributed by atoms with E-state index in [0.29, 0.717) is 28.9 Å². The van der Waals surface area contributed by atoms with E-state index in [2.05, 4.69) is 140 Å². The van der Waals surface area contributed by atoms with Gasteiger partial charge in [-0.2, -0.15) is 0 Å². The fourth-order valence-electron chi connectivity index (χ4n) is 8.03. The van der Waals surface area contributed by atoms with Gasteiger partial charge >= 0.3 is 0 Å². The zero-order valence-corrected chi connectivity index (χ0v) is 30.7. The maximum absolute atomic E-state index is 6.57.